The van der Waals surface area contributed by atoms with E-state index in [4.69, 9.17) is 10.8 Å². The minimum atomic E-state index is -0.440. The van der Waals surface area contributed by atoms with Crippen molar-refractivity contribution in [2.45, 2.75) is 19.3 Å². The van der Waals surface area contributed by atoms with Crippen LogP contribution in [0.15, 0.2) is 18.2 Å². The molecule has 6 nitrogen and oxygen atoms in total. The highest BCUT2D eigenvalue weighted by molar-refractivity contribution is 5.70. The van der Waals surface area contributed by atoms with Crippen molar-refractivity contribution in [1.29, 1.82) is 0 Å². The molecule has 0 radical (unpaired) electrons. The molecule has 0 spiro atoms. The molecule has 1 heterocycles. The van der Waals surface area contributed by atoms with Crippen molar-refractivity contribution in [3.63, 3.8) is 0 Å². The lowest BCUT2D eigenvalue weighted by Crippen LogP contribution is -2.36. The molecule has 104 valence electrons. The van der Waals surface area contributed by atoms with Crippen molar-refractivity contribution in [2.24, 2.45) is 5.92 Å². The fourth-order valence-electron chi connectivity index (χ4n) is 2.65. The third-order valence-electron chi connectivity index (χ3n) is 3.62. The average Bonchev–Trinajstić information content (AvgIpc) is 2.39. The van der Waals surface area contributed by atoms with Crippen LogP contribution in [0.3, 0.4) is 0 Å². The number of aliphatic hydroxyl groups excluding tert-OH is 1. The van der Waals surface area contributed by atoms with Crippen molar-refractivity contribution in [3.8, 4) is 0 Å². The number of piperidine rings is 1. The zero-order valence-electron chi connectivity index (χ0n) is 10.8. The Morgan fingerprint density at radius 2 is 2.32 bits per heavy atom. The number of anilines is 2. The second-order valence-electron chi connectivity index (χ2n) is 4.97. The summed E-state index contributed by atoms with van der Waals surface area (Å²) in [6, 6.07) is 4.61. The van der Waals surface area contributed by atoms with Gasteiger partial charge >= 0.3 is 0 Å². The number of hydrogen-bond acceptors (Lipinski definition) is 5. The molecule has 0 aliphatic carbocycles. The standard InChI is InChI=1S/C13H19N3O3/c14-12-8-11(16(18)19)3-4-13(12)15-6-1-2-10(9-15)5-7-17/h3-4,8,10,17H,1-2,5-7,9,14H2. The van der Waals surface area contributed by atoms with Gasteiger partial charge in [0, 0.05) is 31.8 Å². The molecule has 0 amide bonds. The zero-order valence-corrected chi connectivity index (χ0v) is 10.8. The molecular formula is C13H19N3O3. The molecule has 19 heavy (non-hydrogen) atoms. The van der Waals surface area contributed by atoms with Gasteiger partial charge in [-0.05, 0) is 31.2 Å². The highest BCUT2D eigenvalue weighted by atomic mass is 16.6. The van der Waals surface area contributed by atoms with Crippen LogP contribution in [0.1, 0.15) is 19.3 Å². The van der Waals surface area contributed by atoms with Crippen LogP contribution in [0.4, 0.5) is 17.1 Å². The van der Waals surface area contributed by atoms with Crippen molar-refractivity contribution in [3.05, 3.63) is 28.3 Å². The highest BCUT2D eigenvalue weighted by Crippen LogP contribution is 2.31. The monoisotopic (exact) mass is 265 g/mol. The Morgan fingerprint density at radius 1 is 1.53 bits per heavy atom. The van der Waals surface area contributed by atoms with Gasteiger partial charge in [-0.1, -0.05) is 0 Å². The van der Waals surface area contributed by atoms with E-state index >= 15 is 0 Å². The molecule has 0 aromatic heterocycles. The van der Waals surface area contributed by atoms with Gasteiger partial charge in [0.1, 0.15) is 0 Å². The van der Waals surface area contributed by atoms with Gasteiger partial charge in [-0.25, -0.2) is 0 Å². The predicted octanol–water partition coefficient (Wildman–Crippen LogP) is 1.78. The molecule has 1 aliphatic rings. The Balaban J connectivity index is 2.15. The fourth-order valence-corrected chi connectivity index (χ4v) is 2.65. The maximum atomic E-state index is 10.7. The molecule has 1 aliphatic heterocycles. The van der Waals surface area contributed by atoms with Gasteiger partial charge in [-0.3, -0.25) is 10.1 Å². The second-order valence-corrected chi connectivity index (χ2v) is 4.97. The van der Waals surface area contributed by atoms with Gasteiger partial charge in [-0.15, -0.1) is 0 Å². The fraction of sp³-hybridized carbons (Fsp3) is 0.538. The lowest BCUT2D eigenvalue weighted by Gasteiger charge is -2.34. The molecule has 1 aromatic rings. The Kier molecular flexibility index (Phi) is 4.21. The topological polar surface area (TPSA) is 92.6 Å². The number of non-ortho nitro benzene ring substituents is 1. The van der Waals surface area contributed by atoms with E-state index in [1.165, 1.54) is 12.1 Å². The summed E-state index contributed by atoms with van der Waals surface area (Å²) in [5.41, 5.74) is 7.23. The maximum absolute atomic E-state index is 10.7. The largest absolute Gasteiger partial charge is 0.397 e. The van der Waals surface area contributed by atoms with E-state index in [0.717, 1.165) is 38.0 Å². The summed E-state index contributed by atoms with van der Waals surface area (Å²) in [6.07, 6.45) is 2.97. The van der Waals surface area contributed by atoms with Crippen molar-refractivity contribution < 1.29 is 10.0 Å². The molecule has 3 N–H and O–H groups in total. The van der Waals surface area contributed by atoms with Crippen LogP contribution in [0, 0.1) is 16.0 Å². The first-order valence-electron chi connectivity index (χ1n) is 6.51. The average molecular weight is 265 g/mol. The molecule has 6 heteroatoms. The summed E-state index contributed by atoms with van der Waals surface area (Å²) in [6.45, 7) is 1.96. The quantitative estimate of drug-likeness (QED) is 0.491. The van der Waals surface area contributed by atoms with Gasteiger partial charge in [0.05, 0.1) is 16.3 Å². The molecule has 1 fully saturated rings. The summed E-state index contributed by atoms with van der Waals surface area (Å²) in [5, 5.41) is 19.7. The Labute approximate surface area is 112 Å². The van der Waals surface area contributed by atoms with Crippen molar-refractivity contribution >= 4 is 17.1 Å². The van der Waals surface area contributed by atoms with Crippen LogP contribution < -0.4 is 10.6 Å². The molecule has 1 unspecified atom stereocenters. The third kappa shape index (κ3) is 3.14. The molecule has 1 atom stereocenters. The van der Waals surface area contributed by atoms with Crippen LogP contribution in [0.25, 0.3) is 0 Å². The molecular weight excluding hydrogens is 246 g/mol. The molecule has 1 aromatic carbocycles. The molecule has 0 saturated carbocycles. The number of nitrogen functional groups attached to an aromatic ring is 1. The molecule has 2 rings (SSSR count). The van der Waals surface area contributed by atoms with E-state index in [2.05, 4.69) is 4.90 Å². The van der Waals surface area contributed by atoms with E-state index in [1.54, 1.807) is 6.07 Å². The number of nitro groups is 1. The summed E-state index contributed by atoms with van der Waals surface area (Å²) in [5.74, 6) is 0.466. The minimum absolute atomic E-state index is 0.0187. The predicted molar refractivity (Wildman–Crippen MR) is 74.1 cm³/mol. The first-order chi connectivity index (χ1) is 9.11. The number of rotatable bonds is 4. The van der Waals surface area contributed by atoms with Crippen molar-refractivity contribution in [2.75, 3.05) is 30.3 Å². The number of benzene rings is 1. The number of nitrogens with two attached hydrogens (primary N) is 1. The van der Waals surface area contributed by atoms with Gasteiger partial charge in [0.25, 0.3) is 5.69 Å². The number of hydrogen-bond donors (Lipinski definition) is 2. The first kappa shape index (κ1) is 13.6. The Bertz CT molecular complexity index is 462. The van der Waals surface area contributed by atoms with Gasteiger partial charge < -0.3 is 15.7 Å². The van der Waals surface area contributed by atoms with Crippen LogP contribution >= 0.6 is 0 Å². The number of nitro benzene ring substituents is 1. The SMILES string of the molecule is Nc1cc([N+](=O)[O-])ccc1N1CCCC(CCO)C1. The Morgan fingerprint density at radius 3 is 2.95 bits per heavy atom. The summed E-state index contributed by atoms with van der Waals surface area (Å²) in [7, 11) is 0. The van der Waals surface area contributed by atoms with E-state index in [1.807, 2.05) is 0 Å². The summed E-state index contributed by atoms with van der Waals surface area (Å²) >= 11 is 0. The van der Waals surface area contributed by atoms with Gasteiger partial charge in [0.15, 0.2) is 0 Å². The maximum Gasteiger partial charge on any atom is 0.271 e. The summed E-state index contributed by atoms with van der Waals surface area (Å²) in [4.78, 5) is 12.4. The van der Waals surface area contributed by atoms with Crippen LogP contribution in [0.2, 0.25) is 0 Å². The molecule has 0 bridgehead atoms. The minimum Gasteiger partial charge on any atom is -0.397 e. The smallest absolute Gasteiger partial charge is 0.271 e. The number of aliphatic hydroxyl groups is 1. The van der Waals surface area contributed by atoms with Gasteiger partial charge in [0.2, 0.25) is 0 Å². The third-order valence-corrected chi connectivity index (χ3v) is 3.62. The zero-order chi connectivity index (χ0) is 13.8. The van der Waals surface area contributed by atoms with Crippen LogP contribution in [-0.2, 0) is 0 Å². The van der Waals surface area contributed by atoms with E-state index < -0.39 is 4.92 Å². The van der Waals surface area contributed by atoms with Gasteiger partial charge in [-0.2, -0.15) is 0 Å². The first-order valence-corrected chi connectivity index (χ1v) is 6.51. The lowest BCUT2D eigenvalue weighted by molar-refractivity contribution is -0.384. The Hall–Kier alpha value is -1.82. The van der Waals surface area contributed by atoms with E-state index in [-0.39, 0.29) is 12.3 Å². The van der Waals surface area contributed by atoms with Crippen LogP contribution in [0.5, 0.6) is 0 Å². The normalized spacial score (nSPS) is 19.4. The van der Waals surface area contributed by atoms with E-state index in [9.17, 15) is 10.1 Å². The summed E-state index contributed by atoms with van der Waals surface area (Å²) < 4.78 is 0. The lowest BCUT2D eigenvalue weighted by atomic mass is 9.94. The van der Waals surface area contributed by atoms with Crippen molar-refractivity contribution in [1.82, 2.24) is 0 Å². The molecule has 1 saturated heterocycles. The number of nitrogens with zero attached hydrogens (tertiary/aromatic N) is 2. The van der Waals surface area contributed by atoms with E-state index in [0.29, 0.717) is 11.6 Å². The second kappa shape index (κ2) is 5.88. The highest BCUT2D eigenvalue weighted by Gasteiger charge is 2.21. The van der Waals surface area contributed by atoms with Crippen LogP contribution in [-0.4, -0.2) is 29.7 Å².